The third-order valence-electron chi connectivity index (χ3n) is 6.58. The fourth-order valence-electron chi connectivity index (χ4n) is 4.73. The van der Waals surface area contributed by atoms with E-state index in [-0.39, 0.29) is 60.2 Å². The first-order chi connectivity index (χ1) is 17.1. The Morgan fingerprint density at radius 3 is 2.69 bits per heavy atom. The lowest BCUT2D eigenvalue weighted by Gasteiger charge is -2.20. The lowest BCUT2D eigenvalue weighted by atomic mass is 10.1. The van der Waals surface area contributed by atoms with Gasteiger partial charge in [0.1, 0.15) is 29.5 Å². The van der Waals surface area contributed by atoms with Gasteiger partial charge in [-0.05, 0) is 32.4 Å². The molecule has 0 spiro atoms. The molecule has 5 heterocycles. The van der Waals surface area contributed by atoms with Crippen molar-refractivity contribution in [1.29, 1.82) is 0 Å². The summed E-state index contributed by atoms with van der Waals surface area (Å²) in [5.41, 5.74) is 0.675. The summed E-state index contributed by atoms with van der Waals surface area (Å²) in [6.07, 6.45) is 0.492. The molecule has 3 aromatic rings. The highest BCUT2D eigenvalue weighted by Gasteiger charge is 2.37. The largest absolute Gasteiger partial charge is 0.465 e. The highest BCUT2D eigenvalue weighted by molar-refractivity contribution is 5.98. The molecule has 3 amide bonds. The Bertz CT molecular complexity index is 1450. The molecule has 0 aromatic carbocycles. The highest BCUT2D eigenvalue weighted by Crippen LogP contribution is 2.29. The summed E-state index contributed by atoms with van der Waals surface area (Å²) in [5.74, 6) is -1.53. The number of aromatic nitrogens is 4. The van der Waals surface area contributed by atoms with Crippen LogP contribution in [-0.4, -0.2) is 71.1 Å². The fraction of sp³-hybridized carbons (Fsp3) is 0.391. The van der Waals surface area contributed by atoms with E-state index in [0.717, 1.165) is 12.3 Å². The summed E-state index contributed by atoms with van der Waals surface area (Å²) in [4.78, 5) is 57.6. The minimum absolute atomic E-state index is 0.0904. The maximum Gasteiger partial charge on any atom is 0.407 e. The molecule has 3 aromatic heterocycles. The van der Waals surface area contributed by atoms with Gasteiger partial charge in [0.05, 0.1) is 24.0 Å². The van der Waals surface area contributed by atoms with Crippen LogP contribution in [-0.2, 0) is 17.9 Å². The number of carbonyl (C=O) groups is 3. The second-order valence-electron chi connectivity index (χ2n) is 9.21. The van der Waals surface area contributed by atoms with E-state index >= 15 is 0 Å². The zero-order valence-corrected chi connectivity index (χ0v) is 19.6. The third kappa shape index (κ3) is 3.95. The van der Waals surface area contributed by atoms with Gasteiger partial charge in [-0.15, -0.1) is 0 Å². The molecular formula is C23H24FN7O5. The van der Waals surface area contributed by atoms with Crippen molar-refractivity contribution in [1.82, 2.24) is 29.0 Å². The topological polar surface area (TPSA) is 142 Å². The molecule has 0 bridgehead atoms. The van der Waals surface area contributed by atoms with E-state index < -0.39 is 23.4 Å². The number of pyridine rings is 1. The number of anilines is 1. The van der Waals surface area contributed by atoms with Crippen molar-refractivity contribution < 1.29 is 23.9 Å². The molecule has 0 unspecified atom stereocenters. The van der Waals surface area contributed by atoms with Crippen molar-refractivity contribution in [3.8, 4) is 0 Å². The molecule has 0 aliphatic carbocycles. The van der Waals surface area contributed by atoms with Crippen LogP contribution in [0.4, 0.5) is 15.0 Å². The van der Waals surface area contributed by atoms with E-state index in [1.54, 1.807) is 11.0 Å². The minimum atomic E-state index is -1.02. The minimum Gasteiger partial charge on any atom is -0.465 e. The highest BCUT2D eigenvalue weighted by atomic mass is 19.1. The molecule has 0 saturated carbocycles. The summed E-state index contributed by atoms with van der Waals surface area (Å²) >= 11 is 0. The van der Waals surface area contributed by atoms with Crippen LogP contribution >= 0.6 is 0 Å². The van der Waals surface area contributed by atoms with Crippen molar-refractivity contribution in [3.63, 3.8) is 0 Å². The molecule has 1 saturated heterocycles. The monoisotopic (exact) mass is 497 g/mol. The Morgan fingerprint density at radius 2 is 2.06 bits per heavy atom. The summed E-state index contributed by atoms with van der Waals surface area (Å²) in [5, 5.41) is 16.3. The van der Waals surface area contributed by atoms with Gasteiger partial charge in [-0.25, -0.2) is 14.2 Å². The molecule has 2 aliphatic heterocycles. The molecule has 1 fully saturated rings. The summed E-state index contributed by atoms with van der Waals surface area (Å²) < 4.78 is 15.8. The molecule has 12 nitrogen and oxygen atoms in total. The van der Waals surface area contributed by atoms with E-state index in [0.29, 0.717) is 18.7 Å². The zero-order valence-electron chi connectivity index (χ0n) is 19.6. The lowest BCUT2D eigenvalue weighted by molar-refractivity contribution is -0.116. The second kappa shape index (κ2) is 8.73. The van der Waals surface area contributed by atoms with Crippen LogP contribution in [0.25, 0.3) is 5.65 Å². The number of nitrogens with one attached hydrogen (secondary N) is 1. The van der Waals surface area contributed by atoms with Gasteiger partial charge in [0.2, 0.25) is 5.91 Å². The van der Waals surface area contributed by atoms with Crippen LogP contribution in [0.15, 0.2) is 29.2 Å². The van der Waals surface area contributed by atoms with Gasteiger partial charge in [-0.3, -0.25) is 14.4 Å². The molecule has 0 radical (unpaired) electrons. The standard InChI is InChI=1S/C23H24FN7O5/c1-12(2)29-10-15-20(22(29)34)30(11-18(32)26-17-4-3-14(24)8-25-17)19-7-16(27-31(19)21(15)33)13-5-6-28(9-13)23(35)36/h3-4,7-8,12-13H,5-6,9-11H2,1-2H3,(H,35,36)(H,25,26,32)/t13-/m1/s1. The van der Waals surface area contributed by atoms with Crippen molar-refractivity contribution in [2.45, 2.75) is 45.3 Å². The number of carboxylic acid groups (broad SMARTS) is 1. The fourth-order valence-corrected chi connectivity index (χ4v) is 4.73. The first-order valence-electron chi connectivity index (χ1n) is 11.5. The van der Waals surface area contributed by atoms with Crippen molar-refractivity contribution in [3.05, 3.63) is 57.5 Å². The van der Waals surface area contributed by atoms with Gasteiger partial charge in [0.15, 0.2) is 0 Å². The Morgan fingerprint density at radius 1 is 1.28 bits per heavy atom. The molecule has 2 N–H and O–H groups in total. The maximum absolute atomic E-state index is 13.4. The smallest absolute Gasteiger partial charge is 0.407 e. The normalized spacial score (nSPS) is 17.3. The average Bonchev–Trinajstić information content (AvgIpc) is 3.55. The van der Waals surface area contributed by atoms with E-state index in [1.165, 1.54) is 20.0 Å². The Labute approximate surface area is 203 Å². The molecule has 2 aliphatic rings. The van der Waals surface area contributed by atoms with Gasteiger partial charge in [0.25, 0.3) is 11.5 Å². The quantitative estimate of drug-likeness (QED) is 0.544. The van der Waals surface area contributed by atoms with Crippen LogP contribution in [0.3, 0.4) is 0 Å². The lowest BCUT2D eigenvalue weighted by Crippen LogP contribution is -2.32. The van der Waals surface area contributed by atoms with E-state index in [1.807, 2.05) is 13.8 Å². The molecule has 1 atom stereocenters. The number of amides is 3. The molecule has 36 heavy (non-hydrogen) atoms. The van der Waals surface area contributed by atoms with Gasteiger partial charge in [-0.1, -0.05) is 0 Å². The number of rotatable bonds is 5. The van der Waals surface area contributed by atoms with Crippen molar-refractivity contribution >= 4 is 29.4 Å². The predicted molar refractivity (Wildman–Crippen MR) is 124 cm³/mol. The van der Waals surface area contributed by atoms with Crippen LogP contribution < -0.4 is 10.9 Å². The number of hydrogen-bond donors (Lipinski definition) is 2. The van der Waals surface area contributed by atoms with Crippen LogP contribution in [0.1, 0.15) is 47.9 Å². The van der Waals surface area contributed by atoms with Gasteiger partial charge < -0.3 is 24.8 Å². The first-order valence-corrected chi connectivity index (χ1v) is 11.5. The first kappa shape index (κ1) is 23.5. The number of carbonyl (C=O) groups excluding carboxylic acids is 2. The number of hydrogen-bond acceptors (Lipinski definition) is 6. The molecule has 13 heteroatoms. The number of fused-ring (bicyclic) bond motifs is 2. The summed E-state index contributed by atoms with van der Waals surface area (Å²) in [7, 11) is 0. The summed E-state index contributed by atoms with van der Waals surface area (Å²) in [6, 6.07) is 3.94. The number of halogens is 1. The van der Waals surface area contributed by atoms with Crippen molar-refractivity contribution in [2.75, 3.05) is 18.4 Å². The van der Waals surface area contributed by atoms with Crippen LogP contribution in [0.5, 0.6) is 0 Å². The Balaban J connectivity index is 1.57. The van der Waals surface area contributed by atoms with E-state index in [4.69, 9.17) is 0 Å². The van der Waals surface area contributed by atoms with Gasteiger partial charge in [-0.2, -0.15) is 9.61 Å². The number of likely N-dealkylation sites (tertiary alicyclic amines) is 1. The third-order valence-corrected chi connectivity index (χ3v) is 6.58. The SMILES string of the molecule is CC(C)N1Cc2c(n(CC(=O)Nc3ccc(F)cn3)c3cc([C@@H]4CCN(C(=O)O)C4)nn3c2=O)C1=O. The predicted octanol–water partition coefficient (Wildman–Crippen LogP) is 1.50. The van der Waals surface area contributed by atoms with E-state index in [2.05, 4.69) is 15.4 Å². The molecule has 188 valence electrons. The second-order valence-corrected chi connectivity index (χ2v) is 9.21. The number of nitrogens with zero attached hydrogens (tertiary/aromatic N) is 6. The van der Waals surface area contributed by atoms with Crippen LogP contribution in [0.2, 0.25) is 0 Å². The maximum atomic E-state index is 13.4. The van der Waals surface area contributed by atoms with Gasteiger partial charge >= 0.3 is 6.09 Å². The van der Waals surface area contributed by atoms with Crippen molar-refractivity contribution in [2.24, 2.45) is 0 Å². The summed E-state index contributed by atoms with van der Waals surface area (Å²) in [6.45, 7) is 4.03. The van der Waals surface area contributed by atoms with Crippen LogP contribution in [0, 0.1) is 5.82 Å². The van der Waals surface area contributed by atoms with E-state index in [9.17, 15) is 28.7 Å². The van der Waals surface area contributed by atoms with Gasteiger partial charge in [0, 0.05) is 31.1 Å². The molecule has 5 rings (SSSR count). The zero-order chi connectivity index (χ0) is 25.7. The Kier molecular flexibility index (Phi) is 5.69. The average molecular weight is 497 g/mol. The Hall–Kier alpha value is -4.29. The molecular weight excluding hydrogens is 473 g/mol.